The molecule has 0 saturated carbocycles. The summed E-state index contributed by atoms with van der Waals surface area (Å²) in [4.78, 5) is 26.9. The van der Waals surface area contributed by atoms with Gasteiger partial charge in [-0.2, -0.15) is 0 Å². The Morgan fingerprint density at radius 2 is 2.14 bits per heavy atom. The van der Waals surface area contributed by atoms with Crippen molar-refractivity contribution < 1.29 is 18.9 Å². The first-order valence-corrected chi connectivity index (χ1v) is 10.00. The van der Waals surface area contributed by atoms with E-state index in [2.05, 4.69) is 10.3 Å². The third kappa shape index (κ3) is 4.75. The third-order valence-electron chi connectivity index (χ3n) is 4.04. The lowest BCUT2D eigenvalue weighted by molar-refractivity contribution is -0.385. The predicted octanol–water partition coefficient (Wildman–Crippen LogP) is 4.77. The molecule has 1 aromatic heterocycles. The van der Waals surface area contributed by atoms with Gasteiger partial charge in [-0.05, 0) is 30.2 Å². The fourth-order valence-electron chi connectivity index (χ4n) is 2.50. The second-order valence-electron chi connectivity index (χ2n) is 5.95. The molecule has 29 heavy (non-hydrogen) atoms. The lowest BCUT2D eigenvalue weighted by Crippen LogP contribution is -2.24. The normalized spacial score (nSPS) is 10.9. The Bertz CT molecular complexity index is 1100. The molecule has 0 bridgehead atoms. The van der Waals surface area contributed by atoms with Gasteiger partial charge in [-0.1, -0.05) is 41.0 Å². The molecule has 0 aliphatic rings. The van der Waals surface area contributed by atoms with Crippen molar-refractivity contribution >= 4 is 57.7 Å². The highest BCUT2D eigenvalue weighted by molar-refractivity contribution is 7.99. The molecule has 3 rings (SSSR count). The SMILES string of the molecule is COc1ccc(CNC(=O)CSc2nc3cc(Cl)c(C)c(Cl)c3o2)cc1[N+](=O)[O-]. The number of oxazole rings is 1. The van der Waals surface area contributed by atoms with Crippen LogP contribution in [0.4, 0.5) is 5.69 Å². The van der Waals surface area contributed by atoms with E-state index in [1.54, 1.807) is 19.1 Å². The number of nitro benzene ring substituents is 1. The number of carbonyl (C=O) groups is 1. The van der Waals surface area contributed by atoms with Crippen LogP contribution in [-0.4, -0.2) is 28.7 Å². The second kappa shape index (κ2) is 8.89. The summed E-state index contributed by atoms with van der Waals surface area (Å²) in [6.45, 7) is 1.91. The van der Waals surface area contributed by atoms with Crippen molar-refractivity contribution in [2.75, 3.05) is 12.9 Å². The van der Waals surface area contributed by atoms with Crippen LogP contribution < -0.4 is 10.1 Å². The van der Waals surface area contributed by atoms with E-state index in [4.69, 9.17) is 32.4 Å². The number of hydrogen-bond donors (Lipinski definition) is 1. The summed E-state index contributed by atoms with van der Waals surface area (Å²) in [5, 5.41) is 14.9. The zero-order chi connectivity index (χ0) is 21.1. The summed E-state index contributed by atoms with van der Waals surface area (Å²) >= 11 is 13.4. The van der Waals surface area contributed by atoms with E-state index in [1.807, 2.05) is 0 Å². The van der Waals surface area contributed by atoms with Gasteiger partial charge in [-0.25, -0.2) is 4.98 Å². The highest BCUT2D eigenvalue weighted by Gasteiger charge is 2.17. The smallest absolute Gasteiger partial charge is 0.311 e. The van der Waals surface area contributed by atoms with Gasteiger partial charge in [0.25, 0.3) is 5.22 Å². The highest BCUT2D eigenvalue weighted by Crippen LogP contribution is 2.35. The van der Waals surface area contributed by atoms with Crippen molar-refractivity contribution in [3.63, 3.8) is 0 Å². The van der Waals surface area contributed by atoms with Gasteiger partial charge in [-0.3, -0.25) is 14.9 Å². The van der Waals surface area contributed by atoms with Crippen LogP contribution in [0.25, 0.3) is 11.1 Å². The maximum Gasteiger partial charge on any atom is 0.311 e. The van der Waals surface area contributed by atoms with Crippen molar-refractivity contribution in [1.82, 2.24) is 10.3 Å². The van der Waals surface area contributed by atoms with Crippen LogP contribution >= 0.6 is 35.0 Å². The Morgan fingerprint density at radius 3 is 2.83 bits per heavy atom. The fraction of sp³-hybridized carbons (Fsp3) is 0.222. The maximum atomic E-state index is 12.1. The van der Waals surface area contributed by atoms with Crippen LogP contribution in [0.5, 0.6) is 5.75 Å². The van der Waals surface area contributed by atoms with Gasteiger partial charge in [-0.15, -0.1) is 0 Å². The number of hydrogen-bond acceptors (Lipinski definition) is 7. The molecule has 0 spiro atoms. The van der Waals surface area contributed by atoms with Crippen LogP contribution in [0.3, 0.4) is 0 Å². The number of thioether (sulfide) groups is 1. The second-order valence-corrected chi connectivity index (χ2v) is 7.67. The summed E-state index contributed by atoms with van der Waals surface area (Å²) in [6.07, 6.45) is 0. The molecule has 8 nitrogen and oxygen atoms in total. The molecule has 0 aliphatic carbocycles. The number of benzene rings is 2. The molecule has 0 radical (unpaired) electrons. The summed E-state index contributed by atoms with van der Waals surface area (Å²) in [6, 6.07) is 6.15. The highest BCUT2D eigenvalue weighted by atomic mass is 35.5. The first-order chi connectivity index (χ1) is 13.8. The van der Waals surface area contributed by atoms with Gasteiger partial charge < -0.3 is 14.5 Å². The maximum absolute atomic E-state index is 12.1. The van der Waals surface area contributed by atoms with E-state index in [-0.39, 0.29) is 29.6 Å². The van der Waals surface area contributed by atoms with Gasteiger partial charge in [0, 0.05) is 17.6 Å². The minimum absolute atomic E-state index is 0.0510. The van der Waals surface area contributed by atoms with Crippen LogP contribution in [0.15, 0.2) is 33.9 Å². The van der Waals surface area contributed by atoms with Gasteiger partial charge in [0.2, 0.25) is 5.91 Å². The third-order valence-corrected chi connectivity index (χ3v) is 5.72. The average molecular weight is 456 g/mol. The largest absolute Gasteiger partial charge is 0.490 e. The van der Waals surface area contributed by atoms with Gasteiger partial charge in [0.15, 0.2) is 11.3 Å². The molecule has 1 heterocycles. The Kier molecular flexibility index (Phi) is 6.51. The number of rotatable bonds is 7. The van der Waals surface area contributed by atoms with Crippen molar-refractivity contribution in [2.24, 2.45) is 0 Å². The number of fused-ring (bicyclic) bond motifs is 1. The molecule has 152 valence electrons. The van der Waals surface area contributed by atoms with Crippen LogP contribution in [0, 0.1) is 17.0 Å². The average Bonchev–Trinajstić information content (AvgIpc) is 3.11. The molecule has 0 atom stereocenters. The van der Waals surface area contributed by atoms with Crippen molar-refractivity contribution in [3.05, 3.63) is 55.6 Å². The lowest BCUT2D eigenvalue weighted by atomic mass is 10.2. The Labute approximate surface area is 179 Å². The van der Waals surface area contributed by atoms with Crippen LogP contribution in [0.2, 0.25) is 10.0 Å². The van der Waals surface area contributed by atoms with Gasteiger partial charge in [0.05, 0.1) is 22.8 Å². The molecule has 1 amide bonds. The summed E-state index contributed by atoms with van der Waals surface area (Å²) < 4.78 is 10.6. The first-order valence-electron chi connectivity index (χ1n) is 8.26. The Balaban J connectivity index is 1.61. The first kappa shape index (κ1) is 21.2. The van der Waals surface area contributed by atoms with E-state index >= 15 is 0 Å². The van der Waals surface area contributed by atoms with Crippen LogP contribution in [-0.2, 0) is 11.3 Å². The number of methoxy groups -OCH3 is 1. The van der Waals surface area contributed by atoms with Gasteiger partial charge in [0.1, 0.15) is 5.52 Å². The number of nitro groups is 1. The van der Waals surface area contributed by atoms with E-state index < -0.39 is 4.92 Å². The molecule has 0 fully saturated rings. The van der Waals surface area contributed by atoms with Crippen LogP contribution in [0.1, 0.15) is 11.1 Å². The number of aromatic nitrogens is 1. The topological polar surface area (TPSA) is 108 Å². The monoisotopic (exact) mass is 455 g/mol. The van der Waals surface area contributed by atoms with E-state index in [9.17, 15) is 14.9 Å². The van der Waals surface area contributed by atoms with Crippen molar-refractivity contribution in [2.45, 2.75) is 18.7 Å². The van der Waals surface area contributed by atoms with E-state index in [1.165, 1.54) is 19.2 Å². The molecule has 0 unspecified atom stereocenters. The molecule has 1 N–H and O–H groups in total. The molecular formula is C18H15Cl2N3O5S. The summed E-state index contributed by atoms with van der Waals surface area (Å²) in [7, 11) is 1.36. The zero-order valence-electron chi connectivity index (χ0n) is 15.3. The van der Waals surface area contributed by atoms with E-state index in [0.717, 1.165) is 11.8 Å². The lowest BCUT2D eigenvalue weighted by Gasteiger charge is -2.06. The Hall–Kier alpha value is -2.49. The molecule has 2 aromatic carbocycles. The molecule has 3 aromatic rings. The minimum atomic E-state index is -0.535. The number of carbonyl (C=O) groups excluding carboxylic acids is 1. The number of amides is 1. The fourth-order valence-corrected chi connectivity index (χ4v) is 3.64. The molecule has 0 aliphatic heterocycles. The Morgan fingerprint density at radius 1 is 1.38 bits per heavy atom. The molecule has 0 saturated heterocycles. The number of nitrogens with zero attached hydrogens (tertiary/aromatic N) is 2. The predicted molar refractivity (Wildman–Crippen MR) is 111 cm³/mol. The van der Waals surface area contributed by atoms with E-state index in [0.29, 0.717) is 37.5 Å². The van der Waals surface area contributed by atoms with Gasteiger partial charge >= 0.3 is 5.69 Å². The molecular weight excluding hydrogens is 441 g/mol. The summed E-state index contributed by atoms with van der Waals surface area (Å²) in [5.41, 5.74) is 2.04. The number of ether oxygens (including phenoxy) is 1. The number of nitrogens with one attached hydrogen (secondary N) is 1. The van der Waals surface area contributed by atoms with Crippen molar-refractivity contribution in [3.8, 4) is 5.75 Å². The standard InChI is InChI=1S/C18H15Cl2N3O5S/c1-9-11(19)6-12-17(16(9)20)28-18(22-12)29-8-15(24)21-7-10-3-4-14(27-2)13(5-10)23(25)26/h3-6H,7-8H2,1-2H3,(H,21,24). The quantitative estimate of drug-likeness (QED) is 0.310. The minimum Gasteiger partial charge on any atom is -0.490 e. The number of halogens is 2. The molecule has 11 heteroatoms. The summed E-state index contributed by atoms with van der Waals surface area (Å²) in [5.74, 6) is -0.0725. The zero-order valence-corrected chi connectivity index (χ0v) is 17.7. The van der Waals surface area contributed by atoms with Crippen molar-refractivity contribution in [1.29, 1.82) is 0 Å².